The maximum Gasteiger partial charge on any atom is 0.312 e. The summed E-state index contributed by atoms with van der Waals surface area (Å²) < 4.78 is 4.77. The van der Waals surface area contributed by atoms with Crippen LogP contribution in [-0.4, -0.2) is 18.6 Å². The first-order valence-corrected chi connectivity index (χ1v) is 4.48. The van der Waals surface area contributed by atoms with Crippen molar-refractivity contribution in [3.63, 3.8) is 0 Å². The monoisotopic (exact) mass is 167 g/mol. The molecule has 2 N–H and O–H groups in total. The molecule has 0 bridgehead atoms. The molecule has 3 aliphatic carbocycles. The molecule has 0 aliphatic heterocycles. The van der Waals surface area contributed by atoms with Gasteiger partial charge in [0.2, 0.25) is 0 Å². The Hall–Kier alpha value is -0.570. The van der Waals surface area contributed by atoms with Gasteiger partial charge in [-0.05, 0) is 25.7 Å². The van der Waals surface area contributed by atoms with Gasteiger partial charge in [-0.1, -0.05) is 0 Å². The Bertz CT molecular complexity index is 274. The largest absolute Gasteiger partial charge is 0.469 e. The second-order valence-electron chi connectivity index (χ2n) is 4.67. The Morgan fingerprint density at radius 2 is 2.00 bits per heavy atom. The molecule has 3 saturated carbocycles. The van der Waals surface area contributed by atoms with Crippen LogP contribution in [0.3, 0.4) is 0 Å². The summed E-state index contributed by atoms with van der Waals surface area (Å²) in [6.07, 6.45) is 4.18. The Kier molecular flexibility index (Phi) is 0.824. The van der Waals surface area contributed by atoms with E-state index in [4.69, 9.17) is 10.5 Å². The van der Waals surface area contributed by atoms with E-state index in [0.29, 0.717) is 0 Å². The molecule has 0 unspecified atom stereocenters. The summed E-state index contributed by atoms with van der Waals surface area (Å²) in [7, 11) is 1.47. The normalized spacial score (nSPS) is 50.8. The number of hydrogen-bond donors (Lipinski definition) is 1. The SMILES string of the molecule is COC(=O)C12CC1(C1(N)CC1)C2. The third kappa shape index (κ3) is 0.454. The first-order chi connectivity index (χ1) is 5.60. The van der Waals surface area contributed by atoms with Gasteiger partial charge in [-0.25, -0.2) is 0 Å². The molecule has 0 saturated heterocycles. The molecule has 0 amide bonds. The van der Waals surface area contributed by atoms with Crippen LogP contribution in [0.4, 0.5) is 0 Å². The van der Waals surface area contributed by atoms with Gasteiger partial charge in [0.15, 0.2) is 0 Å². The van der Waals surface area contributed by atoms with Gasteiger partial charge in [-0.2, -0.15) is 0 Å². The summed E-state index contributed by atoms with van der Waals surface area (Å²) in [5, 5.41) is 0. The Balaban J connectivity index is 1.84. The van der Waals surface area contributed by atoms with E-state index in [2.05, 4.69) is 0 Å². The quantitative estimate of drug-likeness (QED) is 0.607. The van der Waals surface area contributed by atoms with Crippen LogP contribution in [0.2, 0.25) is 0 Å². The molecule has 0 radical (unpaired) electrons. The van der Waals surface area contributed by atoms with Gasteiger partial charge in [-0.15, -0.1) is 0 Å². The predicted octanol–water partition coefficient (Wildman–Crippen LogP) is 0.431. The van der Waals surface area contributed by atoms with E-state index in [1.807, 2.05) is 0 Å². The molecule has 0 heterocycles. The molecular weight excluding hydrogens is 154 g/mol. The smallest absolute Gasteiger partial charge is 0.312 e. The maximum absolute atomic E-state index is 11.3. The predicted molar refractivity (Wildman–Crippen MR) is 42.3 cm³/mol. The molecule has 0 spiro atoms. The van der Waals surface area contributed by atoms with Gasteiger partial charge in [0.1, 0.15) is 0 Å². The summed E-state index contributed by atoms with van der Waals surface area (Å²) in [5.41, 5.74) is 6.18. The second kappa shape index (κ2) is 1.43. The van der Waals surface area contributed by atoms with Crippen LogP contribution < -0.4 is 5.73 Å². The van der Waals surface area contributed by atoms with Crippen molar-refractivity contribution in [3.05, 3.63) is 0 Å². The lowest BCUT2D eigenvalue weighted by molar-refractivity contribution is -0.144. The highest BCUT2D eigenvalue weighted by Gasteiger charge is 2.94. The fraction of sp³-hybridized carbons (Fsp3) is 0.889. The van der Waals surface area contributed by atoms with Crippen LogP contribution in [0.1, 0.15) is 25.7 Å². The molecule has 0 aromatic carbocycles. The summed E-state index contributed by atoms with van der Waals surface area (Å²) in [5.74, 6) is -0.0285. The maximum atomic E-state index is 11.3. The lowest BCUT2D eigenvalue weighted by atomic mass is 10.0. The van der Waals surface area contributed by atoms with Crippen LogP contribution >= 0.6 is 0 Å². The van der Waals surface area contributed by atoms with Crippen molar-refractivity contribution < 1.29 is 9.53 Å². The minimum absolute atomic E-state index is 0.0151. The average Bonchev–Trinajstić information content (AvgIpc) is 2.77. The molecule has 12 heavy (non-hydrogen) atoms. The van der Waals surface area contributed by atoms with E-state index >= 15 is 0 Å². The van der Waals surface area contributed by atoms with Crippen LogP contribution in [0.15, 0.2) is 0 Å². The van der Waals surface area contributed by atoms with Crippen LogP contribution in [0.25, 0.3) is 0 Å². The van der Waals surface area contributed by atoms with Crippen molar-refractivity contribution >= 4 is 5.97 Å². The van der Waals surface area contributed by atoms with Crippen molar-refractivity contribution in [2.75, 3.05) is 7.11 Å². The van der Waals surface area contributed by atoms with Gasteiger partial charge >= 0.3 is 5.97 Å². The highest BCUT2D eigenvalue weighted by molar-refractivity contribution is 5.88. The molecular formula is C9H13NO2. The number of carbonyl (C=O) groups excluding carboxylic acids is 1. The second-order valence-corrected chi connectivity index (χ2v) is 4.67. The van der Waals surface area contributed by atoms with Crippen molar-refractivity contribution in [2.24, 2.45) is 16.6 Å². The fourth-order valence-electron chi connectivity index (χ4n) is 2.87. The molecule has 0 atom stereocenters. The van der Waals surface area contributed by atoms with Gasteiger partial charge in [0.05, 0.1) is 12.5 Å². The average molecular weight is 167 g/mol. The molecule has 66 valence electrons. The molecule has 0 aromatic rings. The standard InChI is InChI=1S/C9H13NO2/c1-12-6(11)7-4-8(7,5-7)9(10)2-3-9/h2-5,10H2,1H3. The zero-order valence-corrected chi connectivity index (χ0v) is 7.22. The van der Waals surface area contributed by atoms with Crippen LogP contribution in [0.5, 0.6) is 0 Å². The lowest BCUT2D eigenvalue weighted by Gasteiger charge is -2.09. The molecule has 3 fully saturated rings. The van der Waals surface area contributed by atoms with Crippen molar-refractivity contribution in [3.8, 4) is 0 Å². The van der Waals surface area contributed by atoms with Crippen LogP contribution in [0, 0.1) is 10.8 Å². The van der Waals surface area contributed by atoms with Gasteiger partial charge < -0.3 is 10.5 Å². The van der Waals surface area contributed by atoms with E-state index in [1.165, 1.54) is 7.11 Å². The van der Waals surface area contributed by atoms with Crippen LogP contribution in [-0.2, 0) is 9.53 Å². The Morgan fingerprint density at radius 1 is 1.42 bits per heavy atom. The number of ether oxygens (including phenoxy) is 1. The minimum atomic E-state index is -0.118. The van der Waals surface area contributed by atoms with Crippen molar-refractivity contribution in [2.45, 2.75) is 31.2 Å². The topological polar surface area (TPSA) is 52.3 Å². The number of carbonyl (C=O) groups is 1. The van der Waals surface area contributed by atoms with E-state index in [-0.39, 0.29) is 22.3 Å². The highest BCUT2D eigenvalue weighted by Crippen LogP contribution is 2.92. The van der Waals surface area contributed by atoms with E-state index in [9.17, 15) is 4.79 Å². The number of methoxy groups -OCH3 is 1. The zero-order valence-electron chi connectivity index (χ0n) is 7.22. The van der Waals surface area contributed by atoms with E-state index in [0.717, 1.165) is 25.7 Å². The van der Waals surface area contributed by atoms with Gasteiger partial charge in [0.25, 0.3) is 0 Å². The van der Waals surface area contributed by atoms with Gasteiger partial charge in [-0.3, -0.25) is 4.79 Å². The lowest BCUT2D eigenvalue weighted by Crippen LogP contribution is -2.28. The van der Waals surface area contributed by atoms with Crippen molar-refractivity contribution in [1.82, 2.24) is 0 Å². The Morgan fingerprint density at radius 3 is 2.42 bits per heavy atom. The zero-order chi connectivity index (χ0) is 8.61. The number of esters is 1. The first kappa shape index (κ1) is 6.89. The number of fused-ring (bicyclic) bond motifs is 1. The van der Waals surface area contributed by atoms with Crippen molar-refractivity contribution in [1.29, 1.82) is 0 Å². The van der Waals surface area contributed by atoms with E-state index in [1.54, 1.807) is 0 Å². The number of nitrogens with two attached hydrogens (primary N) is 1. The van der Waals surface area contributed by atoms with Gasteiger partial charge in [0, 0.05) is 11.0 Å². The number of rotatable bonds is 2. The molecule has 3 aliphatic rings. The highest BCUT2D eigenvalue weighted by atomic mass is 16.5. The fourth-order valence-corrected chi connectivity index (χ4v) is 2.87. The third-order valence-electron chi connectivity index (χ3n) is 4.19. The van der Waals surface area contributed by atoms with E-state index < -0.39 is 0 Å². The number of hydrogen-bond acceptors (Lipinski definition) is 3. The molecule has 3 nitrogen and oxygen atoms in total. The minimum Gasteiger partial charge on any atom is -0.469 e. The molecule has 0 aromatic heterocycles. The summed E-state index contributed by atoms with van der Waals surface area (Å²) in [6, 6.07) is 0. The summed E-state index contributed by atoms with van der Waals surface area (Å²) in [6.45, 7) is 0. The molecule has 3 rings (SSSR count). The summed E-state index contributed by atoms with van der Waals surface area (Å²) in [4.78, 5) is 11.3. The third-order valence-corrected chi connectivity index (χ3v) is 4.19. The molecule has 3 heteroatoms. The Labute approximate surface area is 71.3 Å². The summed E-state index contributed by atoms with van der Waals surface area (Å²) >= 11 is 0. The first-order valence-electron chi connectivity index (χ1n) is 4.48.